The number of carboxylic acids is 1. The average molecular weight is 367 g/mol. The highest BCUT2D eigenvalue weighted by molar-refractivity contribution is 6.05. The number of benzene rings is 1. The Morgan fingerprint density at radius 3 is 2.37 bits per heavy atom. The second kappa shape index (κ2) is 8.44. The van der Waals surface area contributed by atoms with Crippen LogP contribution >= 0.6 is 0 Å². The summed E-state index contributed by atoms with van der Waals surface area (Å²) in [7, 11) is 0. The molecule has 1 aliphatic carbocycles. The Balaban J connectivity index is 1.66. The molecule has 1 saturated carbocycles. The molecular formula is C20H21N3O4. The van der Waals surface area contributed by atoms with Gasteiger partial charge in [0.25, 0.3) is 5.91 Å². The molecule has 0 atom stereocenters. The summed E-state index contributed by atoms with van der Waals surface area (Å²) in [6, 6.07) is 9.54. The highest BCUT2D eigenvalue weighted by Crippen LogP contribution is 2.25. The number of aromatic carboxylic acids is 1. The molecule has 2 amide bonds. The van der Waals surface area contributed by atoms with Crippen LogP contribution in [0, 0.1) is 5.92 Å². The van der Waals surface area contributed by atoms with Crippen molar-refractivity contribution in [1.82, 2.24) is 4.98 Å². The van der Waals surface area contributed by atoms with Crippen LogP contribution in [0.1, 0.15) is 53.0 Å². The molecule has 0 spiro atoms. The molecule has 1 aromatic heterocycles. The van der Waals surface area contributed by atoms with E-state index in [1.807, 2.05) is 0 Å². The average Bonchev–Trinajstić information content (AvgIpc) is 2.69. The largest absolute Gasteiger partial charge is 0.477 e. The zero-order chi connectivity index (χ0) is 19.2. The summed E-state index contributed by atoms with van der Waals surface area (Å²) in [6.07, 6.45) is 6.45. The van der Waals surface area contributed by atoms with Crippen molar-refractivity contribution >= 4 is 29.2 Å². The van der Waals surface area contributed by atoms with Gasteiger partial charge in [0.1, 0.15) is 5.69 Å². The summed E-state index contributed by atoms with van der Waals surface area (Å²) in [5.41, 5.74) is 1.12. The van der Waals surface area contributed by atoms with Gasteiger partial charge in [0, 0.05) is 29.1 Å². The predicted molar refractivity (Wildman–Crippen MR) is 101 cm³/mol. The lowest BCUT2D eigenvalue weighted by atomic mass is 9.88. The van der Waals surface area contributed by atoms with Crippen molar-refractivity contribution in [2.24, 2.45) is 5.92 Å². The number of carbonyl (C=O) groups is 3. The normalized spacial score (nSPS) is 14.4. The standard InChI is InChI=1S/C20H21N3O4/c24-18(13-5-2-1-3-6-13)22-15-7-4-8-16(12-15)23-19(25)14-9-10-21-17(11-14)20(26)27/h4,7-13H,1-3,5-6H2,(H,22,24)(H,23,25)(H,26,27). The molecular weight excluding hydrogens is 346 g/mol. The fourth-order valence-corrected chi connectivity index (χ4v) is 3.18. The number of amides is 2. The molecule has 0 saturated heterocycles. The van der Waals surface area contributed by atoms with Crippen LogP contribution in [0.4, 0.5) is 11.4 Å². The van der Waals surface area contributed by atoms with E-state index in [9.17, 15) is 14.4 Å². The van der Waals surface area contributed by atoms with Gasteiger partial charge in [-0.1, -0.05) is 25.3 Å². The maximum atomic E-state index is 12.4. The first-order chi connectivity index (χ1) is 13.0. The van der Waals surface area contributed by atoms with E-state index in [0.717, 1.165) is 25.7 Å². The number of anilines is 2. The van der Waals surface area contributed by atoms with Crippen LogP contribution in [-0.4, -0.2) is 27.9 Å². The van der Waals surface area contributed by atoms with Crippen molar-refractivity contribution in [1.29, 1.82) is 0 Å². The van der Waals surface area contributed by atoms with Crippen molar-refractivity contribution in [2.75, 3.05) is 10.6 Å². The lowest BCUT2D eigenvalue weighted by molar-refractivity contribution is -0.120. The molecule has 1 aliphatic rings. The number of aromatic nitrogens is 1. The van der Waals surface area contributed by atoms with Crippen molar-refractivity contribution in [3.8, 4) is 0 Å². The van der Waals surface area contributed by atoms with Crippen LogP contribution in [0.25, 0.3) is 0 Å². The number of rotatable bonds is 5. The monoisotopic (exact) mass is 367 g/mol. The molecule has 7 heteroatoms. The molecule has 0 radical (unpaired) electrons. The zero-order valence-electron chi connectivity index (χ0n) is 14.8. The van der Waals surface area contributed by atoms with Crippen LogP contribution in [0.5, 0.6) is 0 Å². The van der Waals surface area contributed by atoms with Gasteiger partial charge in [0.05, 0.1) is 0 Å². The van der Waals surface area contributed by atoms with E-state index in [0.29, 0.717) is 11.4 Å². The Labute approximate surface area is 156 Å². The van der Waals surface area contributed by atoms with Gasteiger partial charge < -0.3 is 15.7 Å². The van der Waals surface area contributed by atoms with Gasteiger partial charge in [-0.25, -0.2) is 9.78 Å². The van der Waals surface area contributed by atoms with E-state index in [4.69, 9.17) is 5.11 Å². The van der Waals surface area contributed by atoms with Crippen molar-refractivity contribution in [3.05, 3.63) is 53.9 Å². The minimum Gasteiger partial charge on any atom is -0.477 e. The SMILES string of the molecule is O=C(Nc1cccc(NC(=O)C2CCCCC2)c1)c1ccnc(C(=O)O)c1. The number of nitrogens with zero attached hydrogens (tertiary/aromatic N) is 1. The first kappa shape index (κ1) is 18.6. The van der Waals surface area contributed by atoms with E-state index < -0.39 is 11.9 Å². The van der Waals surface area contributed by atoms with Gasteiger partial charge in [-0.2, -0.15) is 0 Å². The van der Waals surface area contributed by atoms with E-state index in [1.165, 1.54) is 24.8 Å². The van der Waals surface area contributed by atoms with Crippen LogP contribution in [0.3, 0.4) is 0 Å². The molecule has 1 aromatic carbocycles. The van der Waals surface area contributed by atoms with Gasteiger partial charge in [0.15, 0.2) is 0 Å². The number of pyridine rings is 1. The molecule has 0 aliphatic heterocycles. The van der Waals surface area contributed by atoms with Gasteiger partial charge >= 0.3 is 5.97 Å². The molecule has 2 aromatic rings. The molecule has 0 bridgehead atoms. The second-order valence-electron chi connectivity index (χ2n) is 6.59. The lowest BCUT2D eigenvalue weighted by Gasteiger charge is -2.20. The number of carboxylic acid groups (broad SMARTS) is 1. The van der Waals surface area contributed by atoms with E-state index in [2.05, 4.69) is 15.6 Å². The quantitative estimate of drug-likeness (QED) is 0.749. The third-order valence-electron chi connectivity index (χ3n) is 4.61. The summed E-state index contributed by atoms with van der Waals surface area (Å²) in [5, 5.41) is 14.6. The Morgan fingerprint density at radius 1 is 0.963 bits per heavy atom. The molecule has 1 fully saturated rings. The molecule has 1 heterocycles. The predicted octanol–water partition coefficient (Wildman–Crippen LogP) is 3.55. The maximum Gasteiger partial charge on any atom is 0.354 e. The molecule has 140 valence electrons. The number of hydrogen-bond acceptors (Lipinski definition) is 4. The van der Waals surface area contributed by atoms with Crippen LogP contribution in [-0.2, 0) is 4.79 Å². The van der Waals surface area contributed by atoms with Gasteiger partial charge in [0.2, 0.25) is 5.91 Å². The van der Waals surface area contributed by atoms with Gasteiger partial charge in [-0.05, 0) is 43.2 Å². The highest BCUT2D eigenvalue weighted by Gasteiger charge is 2.21. The number of nitrogens with one attached hydrogen (secondary N) is 2. The van der Waals surface area contributed by atoms with E-state index in [-0.39, 0.29) is 23.1 Å². The zero-order valence-corrected chi connectivity index (χ0v) is 14.8. The topological polar surface area (TPSA) is 108 Å². The molecule has 3 N–H and O–H groups in total. The van der Waals surface area contributed by atoms with Crippen LogP contribution < -0.4 is 10.6 Å². The third kappa shape index (κ3) is 4.91. The Morgan fingerprint density at radius 2 is 1.67 bits per heavy atom. The minimum absolute atomic E-state index is 0.0124. The number of carbonyl (C=O) groups excluding carboxylic acids is 2. The van der Waals surface area contributed by atoms with Crippen LogP contribution in [0.2, 0.25) is 0 Å². The Bertz CT molecular complexity index is 860. The smallest absolute Gasteiger partial charge is 0.354 e. The maximum absolute atomic E-state index is 12.4. The molecule has 27 heavy (non-hydrogen) atoms. The number of hydrogen-bond donors (Lipinski definition) is 3. The Kier molecular flexibility index (Phi) is 5.80. The van der Waals surface area contributed by atoms with E-state index >= 15 is 0 Å². The molecule has 0 unspecified atom stereocenters. The van der Waals surface area contributed by atoms with E-state index in [1.54, 1.807) is 24.3 Å². The second-order valence-corrected chi connectivity index (χ2v) is 6.59. The first-order valence-corrected chi connectivity index (χ1v) is 8.94. The van der Waals surface area contributed by atoms with Gasteiger partial charge in [-0.15, -0.1) is 0 Å². The fraction of sp³-hybridized carbons (Fsp3) is 0.300. The summed E-state index contributed by atoms with van der Waals surface area (Å²) < 4.78 is 0. The summed E-state index contributed by atoms with van der Waals surface area (Å²) >= 11 is 0. The summed E-state index contributed by atoms with van der Waals surface area (Å²) in [5.74, 6) is -1.59. The lowest BCUT2D eigenvalue weighted by Crippen LogP contribution is -2.24. The minimum atomic E-state index is -1.20. The van der Waals surface area contributed by atoms with Crippen LogP contribution in [0.15, 0.2) is 42.6 Å². The fourth-order valence-electron chi connectivity index (χ4n) is 3.18. The third-order valence-corrected chi connectivity index (χ3v) is 4.61. The van der Waals surface area contributed by atoms with Crippen molar-refractivity contribution < 1.29 is 19.5 Å². The highest BCUT2D eigenvalue weighted by atomic mass is 16.4. The van der Waals surface area contributed by atoms with Crippen molar-refractivity contribution in [3.63, 3.8) is 0 Å². The first-order valence-electron chi connectivity index (χ1n) is 8.94. The summed E-state index contributed by atoms with van der Waals surface area (Å²) in [4.78, 5) is 39.4. The summed E-state index contributed by atoms with van der Waals surface area (Å²) in [6.45, 7) is 0. The van der Waals surface area contributed by atoms with Crippen molar-refractivity contribution in [2.45, 2.75) is 32.1 Å². The molecule has 7 nitrogen and oxygen atoms in total. The van der Waals surface area contributed by atoms with Gasteiger partial charge in [-0.3, -0.25) is 9.59 Å². The molecule has 3 rings (SSSR count). The Hall–Kier alpha value is -3.22.